The summed E-state index contributed by atoms with van der Waals surface area (Å²) in [5.74, 6) is 0.0840. The maximum absolute atomic E-state index is 12.4. The Hall–Kier alpha value is -1.40. The molecule has 0 unspecified atom stereocenters. The van der Waals surface area contributed by atoms with E-state index in [0.717, 1.165) is 41.9 Å². The lowest BCUT2D eigenvalue weighted by Crippen LogP contribution is -2.48. The summed E-state index contributed by atoms with van der Waals surface area (Å²) in [6.07, 6.45) is 0.360. The number of anilines is 1. The first-order valence-electron chi connectivity index (χ1n) is 7.89. The van der Waals surface area contributed by atoms with Crippen molar-refractivity contribution in [2.24, 2.45) is 0 Å². The second-order valence-corrected chi connectivity index (χ2v) is 6.95. The van der Waals surface area contributed by atoms with Gasteiger partial charge in [0.15, 0.2) is 0 Å². The molecule has 0 aliphatic carbocycles. The maximum Gasteiger partial charge on any atom is 0.224 e. The minimum absolute atomic E-state index is 0.0402. The van der Waals surface area contributed by atoms with E-state index < -0.39 is 0 Å². The molecule has 6 heteroatoms. The molecular formula is C17H24BrN3O2. The zero-order valence-corrected chi connectivity index (χ0v) is 15.6. The molecule has 0 saturated carbocycles. The molecule has 1 heterocycles. The largest absolute Gasteiger partial charge is 0.340 e. The van der Waals surface area contributed by atoms with Gasteiger partial charge in [-0.25, -0.2) is 0 Å². The van der Waals surface area contributed by atoms with Crippen molar-refractivity contribution in [3.8, 4) is 0 Å². The average molecular weight is 382 g/mol. The quantitative estimate of drug-likeness (QED) is 0.803. The van der Waals surface area contributed by atoms with Crippen LogP contribution in [0.15, 0.2) is 22.7 Å². The lowest BCUT2D eigenvalue weighted by atomic mass is 10.1. The summed E-state index contributed by atoms with van der Waals surface area (Å²) in [7, 11) is 2.07. The number of hydrogen-bond acceptors (Lipinski definition) is 3. The van der Waals surface area contributed by atoms with E-state index in [4.69, 9.17) is 0 Å². The van der Waals surface area contributed by atoms with Crippen LogP contribution in [0.1, 0.15) is 18.9 Å². The van der Waals surface area contributed by atoms with Gasteiger partial charge in [0.1, 0.15) is 0 Å². The topological polar surface area (TPSA) is 43.9 Å². The molecule has 5 nitrogen and oxygen atoms in total. The van der Waals surface area contributed by atoms with E-state index in [-0.39, 0.29) is 11.8 Å². The van der Waals surface area contributed by atoms with Gasteiger partial charge in [0.05, 0.1) is 0 Å². The van der Waals surface area contributed by atoms with Crippen molar-refractivity contribution in [3.63, 3.8) is 0 Å². The minimum Gasteiger partial charge on any atom is -0.340 e. The fourth-order valence-corrected chi connectivity index (χ4v) is 3.27. The number of likely N-dealkylation sites (N-methyl/N-ethyl adjacent to an activating group) is 1. The smallest absolute Gasteiger partial charge is 0.224 e. The number of halogens is 1. The molecule has 1 saturated heterocycles. The molecule has 1 aromatic rings. The molecule has 0 aromatic heterocycles. The van der Waals surface area contributed by atoms with Crippen molar-refractivity contribution >= 4 is 33.4 Å². The highest BCUT2D eigenvalue weighted by atomic mass is 79.9. The van der Waals surface area contributed by atoms with Gasteiger partial charge in [0.2, 0.25) is 11.8 Å². The normalized spacial score (nSPS) is 15.6. The number of piperazine rings is 1. The van der Waals surface area contributed by atoms with Crippen LogP contribution in [0.5, 0.6) is 0 Å². The highest BCUT2D eigenvalue weighted by molar-refractivity contribution is 9.10. The van der Waals surface area contributed by atoms with Crippen molar-refractivity contribution in [2.75, 3.05) is 44.7 Å². The van der Waals surface area contributed by atoms with Crippen LogP contribution in [0.4, 0.5) is 5.69 Å². The number of benzene rings is 1. The number of carbonyl (C=O) groups excluding carboxylic acids is 2. The summed E-state index contributed by atoms with van der Waals surface area (Å²) in [5.41, 5.74) is 1.88. The number of rotatable bonds is 4. The van der Waals surface area contributed by atoms with Gasteiger partial charge in [-0.1, -0.05) is 15.9 Å². The van der Waals surface area contributed by atoms with Crippen LogP contribution in [-0.4, -0.2) is 61.4 Å². The monoisotopic (exact) mass is 381 g/mol. The first-order valence-corrected chi connectivity index (χ1v) is 8.68. The third-order valence-corrected chi connectivity index (χ3v) is 4.73. The first kappa shape index (κ1) is 17.9. The third kappa shape index (κ3) is 4.78. The summed E-state index contributed by atoms with van der Waals surface area (Å²) in [5, 5.41) is 0. The molecule has 1 aromatic carbocycles. The Balaban J connectivity index is 2.00. The van der Waals surface area contributed by atoms with E-state index in [1.807, 2.05) is 30.0 Å². The zero-order chi connectivity index (χ0) is 17.0. The Morgan fingerprint density at radius 2 is 1.87 bits per heavy atom. The first-order chi connectivity index (χ1) is 10.9. The van der Waals surface area contributed by atoms with Gasteiger partial charge < -0.3 is 14.7 Å². The van der Waals surface area contributed by atoms with Gasteiger partial charge in [0.25, 0.3) is 0 Å². The zero-order valence-electron chi connectivity index (χ0n) is 14.0. The van der Waals surface area contributed by atoms with Crippen LogP contribution in [0.3, 0.4) is 0 Å². The van der Waals surface area contributed by atoms with E-state index in [1.54, 1.807) is 11.8 Å². The Kier molecular flexibility index (Phi) is 6.18. The van der Waals surface area contributed by atoms with Gasteiger partial charge in [-0.2, -0.15) is 0 Å². The number of amides is 2. The maximum atomic E-state index is 12.4. The Morgan fingerprint density at radius 3 is 2.43 bits per heavy atom. The van der Waals surface area contributed by atoms with Crippen molar-refractivity contribution in [3.05, 3.63) is 28.2 Å². The van der Waals surface area contributed by atoms with Crippen molar-refractivity contribution in [2.45, 2.75) is 20.3 Å². The lowest BCUT2D eigenvalue weighted by molar-refractivity contribution is -0.132. The summed E-state index contributed by atoms with van der Waals surface area (Å²) in [6, 6.07) is 5.81. The predicted octanol–water partition coefficient (Wildman–Crippen LogP) is 2.27. The summed E-state index contributed by atoms with van der Waals surface area (Å²) in [4.78, 5) is 30.2. The van der Waals surface area contributed by atoms with Crippen LogP contribution < -0.4 is 4.90 Å². The van der Waals surface area contributed by atoms with Crippen LogP contribution in [0.2, 0.25) is 0 Å². The number of nitrogens with zero attached hydrogens (tertiary/aromatic N) is 3. The summed E-state index contributed by atoms with van der Waals surface area (Å²) < 4.78 is 0.982. The summed E-state index contributed by atoms with van der Waals surface area (Å²) >= 11 is 3.43. The fourth-order valence-electron chi connectivity index (χ4n) is 2.79. The molecule has 0 bridgehead atoms. The van der Waals surface area contributed by atoms with Gasteiger partial charge in [-0.05, 0) is 37.7 Å². The number of hydrogen-bond donors (Lipinski definition) is 0. The Labute approximate surface area is 146 Å². The Morgan fingerprint density at radius 1 is 1.22 bits per heavy atom. The highest BCUT2D eigenvalue weighted by Crippen LogP contribution is 2.24. The van der Waals surface area contributed by atoms with Gasteiger partial charge in [-0.15, -0.1) is 0 Å². The molecule has 0 spiro atoms. The van der Waals surface area contributed by atoms with E-state index in [9.17, 15) is 9.59 Å². The summed E-state index contributed by atoms with van der Waals surface area (Å²) in [6.45, 7) is 7.30. The van der Waals surface area contributed by atoms with Crippen LogP contribution in [0.25, 0.3) is 0 Å². The molecule has 126 valence electrons. The third-order valence-electron chi connectivity index (χ3n) is 4.24. The molecule has 2 rings (SSSR count). The second kappa shape index (κ2) is 7.93. The van der Waals surface area contributed by atoms with Crippen molar-refractivity contribution in [1.29, 1.82) is 0 Å². The molecule has 0 atom stereocenters. The molecule has 0 N–H and O–H groups in total. The van der Waals surface area contributed by atoms with Crippen molar-refractivity contribution < 1.29 is 9.59 Å². The number of carbonyl (C=O) groups is 2. The minimum atomic E-state index is -0.0402. The van der Waals surface area contributed by atoms with E-state index in [1.165, 1.54) is 0 Å². The van der Waals surface area contributed by atoms with E-state index in [0.29, 0.717) is 13.0 Å². The molecule has 1 fully saturated rings. The van der Waals surface area contributed by atoms with Crippen LogP contribution >= 0.6 is 15.9 Å². The highest BCUT2D eigenvalue weighted by Gasteiger charge is 2.21. The molecular weight excluding hydrogens is 358 g/mol. The van der Waals surface area contributed by atoms with Crippen LogP contribution in [-0.2, 0) is 9.59 Å². The molecule has 0 radical (unpaired) electrons. The van der Waals surface area contributed by atoms with E-state index >= 15 is 0 Å². The Bertz CT molecular complexity index is 583. The molecule has 1 aliphatic rings. The molecule has 2 amide bonds. The van der Waals surface area contributed by atoms with E-state index in [2.05, 4.69) is 27.9 Å². The van der Waals surface area contributed by atoms with Crippen LogP contribution in [0, 0.1) is 6.92 Å². The van der Waals surface area contributed by atoms with Gasteiger partial charge >= 0.3 is 0 Å². The van der Waals surface area contributed by atoms with Gasteiger partial charge in [-0.3, -0.25) is 9.59 Å². The standard InChI is InChI=1S/C17H24BrN3O2/c1-13-12-15(18)4-5-16(13)21(14(2)22)7-6-17(23)20-10-8-19(3)9-11-20/h4-5,12H,6-11H2,1-3H3. The van der Waals surface area contributed by atoms with Gasteiger partial charge in [0, 0.05) is 56.2 Å². The molecule has 1 aliphatic heterocycles. The predicted molar refractivity (Wildman–Crippen MR) is 95.6 cm³/mol. The lowest BCUT2D eigenvalue weighted by Gasteiger charge is -2.33. The number of aryl methyl sites for hydroxylation is 1. The second-order valence-electron chi connectivity index (χ2n) is 6.04. The SMILES string of the molecule is CC(=O)N(CCC(=O)N1CCN(C)CC1)c1ccc(Br)cc1C. The molecule has 23 heavy (non-hydrogen) atoms. The fraction of sp³-hybridized carbons (Fsp3) is 0.529. The van der Waals surface area contributed by atoms with Crippen molar-refractivity contribution in [1.82, 2.24) is 9.80 Å². The average Bonchev–Trinajstić information content (AvgIpc) is 2.49.